The smallest absolute Gasteiger partial charge is 0.335 e. The number of barbiturate groups is 1. The first kappa shape index (κ1) is 21.1. The summed E-state index contributed by atoms with van der Waals surface area (Å²) in [6, 6.07) is 10.9. The van der Waals surface area contributed by atoms with Crippen LogP contribution >= 0.6 is 15.9 Å². The Balaban J connectivity index is 1.99. The standard InChI is InChI=1S/C21H16BrN3O5/c1-12-9-14(22)4-5-16(12)25-20(27)15(19(26)24-21(25)28)10-13-3-6-17(30-8-7-23)18(11-13)29-2/h3-6,9-11H,8H2,1-2H3,(H,24,26,28). The van der Waals surface area contributed by atoms with E-state index in [0.29, 0.717) is 28.3 Å². The highest BCUT2D eigenvalue weighted by molar-refractivity contribution is 9.10. The molecule has 152 valence electrons. The van der Waals surface area contributed by atoms with Crippen molar-refractivity contribution in [2.75, 3.05) is 18.6 Å². The van der Waals surface area contributed by atoms with Gasteiger partial charge in [-0.15, -0.1) is 0 Å². The third-order valence-corrected chi connectivity index (χ3v) is 4.79. The number of hydrogen-bond donors (Lipinski definition) is 1. The molecule has 1 fully saturated rings. The monoisotopic (exact) mass is 469 g/mol. The molecule has 0 atom stereocenters. The zero-order chi connectivity index (χ0) is 21.8. The van der Waals surface area contributed by atoms with Crippen molar-refractivity contribution in [1.29, 1.82) is 5.26 Å². The summed E-state index contributed by atoms with van der Waals surface area (Å²) >= 11 is 3.34. The van der Waals surface area contributed by atoms with Gasteiger partial charge in [-0.1, -0.05) is 22.0 Å². The third kappa shape index (κ3) is 4.18. The Morgan fingerprint density at radius 1 is 1.17 bits per heavy atom. The second-order valence-corrected chi connectivity index (χ2v) is 7.16. The van der Waals surface area contributed by atoms with Gasteiger partial charge in [0.25, 0.3) is 11.8 Å². The average Bonchev–Trinajstić information content (AvgIpc) is 2.71. The Morgan fingerprint density at radius 2 is 1.93 bits per heavy atom. The lowest BCUT2D eigenvalue weighted by Gasteiger charge is -2.27. The van der Waals surface area contributed by atoms with Crippen molar-refractivity contribution in [1.82, 2.24) is 5.32 Å². The highest BCUT2D eigenvalue weighted by atomic mass is 79.9. The molecule has 1 heterocycles. The molecule has 3 rings (SSSR count). The Kier molecular flexibility index (Phi) is 6.18. The molecule has 8 nitrogen and oxygen atoms in total. The second kappa shape index (κ2) is 8.80. The number of hydrogen-bond acceptors (Lipinski definition) is 6. The molecule has 1 N–H and O–H groups in total. The van der Waals surface area contributed by atoms with E-state index in [-0.39, 0.29) is 12.2 Å². The quantitative estimate of drug-likeness (QED) is 0.531. The lowest BCUT2D eigenvalue weighted by atomic mass is 10.1. The predicted octanol–water partition coefficient (Wildman–Crippen LogP) is 3.33. The topological polar surface area (TPSA) is 109 Å². The number of halogens is 1. The van der Waals surface area contributed by atoms with Crippen molar-refractivity contribution in [2.45, 2.75) is 6.92 Å². The average molecular weight is 470 g/mol. The number of rotatable bonds is 5. The first-order chi connectivity index (χ1) is 14.3. The van der Waals surface area contributed by atoms with Gasteiger partial charge in [0.15, 0.2) is 18.1 Å². The van der Waals surface area contributed by atoms with Gasteiger partial charge in [-0.05, 0) is 54.5 Å². The number of ether oxygens (including phenoxy) is 2. The van der Waals surface area contributed by atoms with Crippen LogP contribution in [0.5, 0.6) is 11.5 Å². The van der Waals surface area contributed by atoms with Gasteiger partial charge in [-0.3, -0.25) is 14.9 Å². The fourth-order valence-electron chi connectivity index (χ4n) is 2.92. The molecule has 0 spiro atoms. The van der Waals surface area contributed by atoms with Crippen LogP contribution in [-0.4, -0.2) is 31.6 Å². The van der Waals surface area contributed by atoms with Gasteiger partial charge in [0.1, 0.15) is 11.6 Å². The van der Waals surface area contributed by atoms with Crippen LogP contribution < -0.4 is 19.7 Å². The molecular formula is C21H16BrN3O5. The van der Waals surface area contributed by atoms with Gasteiger partial charge in [-0.2, -0.15) is 5.26 Å². The summed E-state index contributed by atoms with van der Waals surface area (Å²) in [5, 5.41) is 10.8. The molecule has 1 aliphatic heterocycles. The predicted molar refractivity (Wildman–Crippen MR) is 112 cm³/mol. The van der Waals surface area contributed by atoms with E-state index in [0.717, 1.165) is 9.37 Å². The number of methoxy groups -OCH3 is 1. The van der Waals surface area contributed by atoms with Gasteiger partial charge in [-0.25, -0.2) is 9.69 Å². The molecule has 0 unspecified atom stereocenters. The van der Waals surface area contributed by atoms with Crippen molar-refractivity contribution in [3.8, 4) is 17.6 Å². The molecule has 0 aliphatic carbocycles. The molecule has 0 bridgehead atoms. The van der Waals surface area contributed by atoms with Crippen molar-refractivity contribution in [3.63, 3.8) is 0 Å². The Morgan fingerprint density at radius 3 is 2.60 bits per heavy atom. The number of anilines is 1. The van der Waals surface area contributed by atoms with E-state index in [2.05, 4.69) is 21.2 Å². The number of nitriles is 1. The summed E-state index contributed by atoms with van der Waals surface area (Å²) < 4.78 is 11.3. The van der Waals surface area contributed by atoms with Gasteiger partial charge in [0.05, 0.1) is 12.8 Å². The van der Waals surface area contributed by atoms with Crippen LogP contribution in [0.2, 0.25) is 0 Å². The summed E-state index contributed by atoms with van der Waals surface area (Å²) in [7, 11) is 1.43. The minimum atomic E-state index is -0.814. The molecule has 0 aromatic heterocycles. The Hall–Kier alpha value is -3.64. The van der Waals surface area contributed by atoms with Crippen LogP contribution in [0.1, 0.15) is 11.1 Å². The Bertz CT molecular complexity index is 1120. The van der Waals surface area contributed by atoms with E-state index in [4.69, 9.17) is 14.7 Å². The van der Waals surface area contributed by atoms with Crippen molar-refractivity contribution in [2.24, 2.45) is 0 Å². The number of benzene rings is 2. The number of nitrogens with one attached hydrogen (secondary N) is 1. The summed E-state index contributed by atoms with van der Waals surface area (Å²) in [5.74, 6) is -0.847. The SMILES string of the molecule is COc1cc(C=C2C(=O)NC(=O)N(c3ccc(Br)cc3C)C2=O)ccc1OCC#N. The zero-order valence-electron chi connectivity index (χ0n) is 16.1. The highest BCUT2D eigenvalue weighted by Gasteiger charge is 2.37. The van der Waals surface area contributed by atoms with Crippen LogP contribution in [0.3, 0.4) is 0 Å². The summed E-state index contributed by atoms with van der Waals surface area (Å²) in [4.78, 5) is 38.7. The largest absolute Gasteiger partial charge is 0.493 e. The number of imide groups is 2. The van der Waals surface area contributed by atoms with E-state index < -0.39 is 17.8 Å². The van der Waals surface area contributed by atoms with Crippen molar-refractivity contribution in [3.05, 3.63) is 57.6 Å². The number of aryl methyl sites for hydroxylation is 1. The van der Waals surface area contributed by atoms with Gasteiger partial charge < -0.3 is 9.47 Å². The molecular weight excluding hydrogens is 454 g/mol. The molecule has 30 heavy (non-hydrogen) atoms. The van der Waals surface area contributed by atoms with Gasteiger partial charge in [0.2, 0.25) is 0 Å². The van der Waals surface area contributed by atoms with E-state index >= 15 is 0 Å². The lowest BCUT2D eigenvalue weighted by Crippen LogP contribution is -2.54. The summed E-state index contributed by atoms with van der Waals surface area (Å²) in [5.41, 5.74) is 1.33. The van der Waals surface area contributed by atoms with Crippen LogP contribution in [0.4, 0.5) is 10.5 Å². The molecule has 4 amide bonds. The van der Waals surface area contributed by atoms with E-state index in [1.54, 1.807) is 43.3 Å². The number of nitrogens with zero attached hydrogens (tertiary/aromatic N) is 2. The minimum Gasteiger partial charge on any atom is -0.493 e. The number of urea groups is 1. The van der Waals surface area contributed by atoms with Crippen molar-refractivity contribution < 1.29 is 23.9 Å². The van der Waals surface area contributed by atoms with Gasteiger partial charge >= 0.3 is 6.03 Å². The summed E-state index contributed by atoms with van der Waals surface area (Å²) in [6.07, 6.45) is 1.36. The molecule has 9 heteroatoms. The number of carbonyl (C=O) groups is 3. The minimum absolute atomic E-state index is 0.151. The van der Waals surface area contributed by atoms with Crippen molar-refractivity contribution >= 4 is 45.5 Å². The van der Waals surface area contributed by atoms with Crippen LogP contribution in [0, 0.1) is 18.3 Å². The van der Waals surface area contributed by atoms with E-state index in [1.807, 2.05) is 6.07 Å². The normalized spacial score (nSPS) is 15.1. The number of amides is 4. The molecule has 0 radical (unpaired) electrons. The maximum atomic E-state index is 13.0. The van der Waals surface area contributed by atoms with Crippen LogP contribution in [0.15, 0.2) is 46.4 Å². The molecule has 1 aliphatic rings. The lowest BCUT2D eigenvalue weighted by molar-refractivity contribution is -0.122. The highest BCUT2D eigenvalue weighted by Crippen LogP contribution is 2.31. The van der Waals surface area contributed by atoms with Crippen LogP contribution in [0.25, 0.3) is 6.08 Å². The van der Waals surface area contributed by atoms with Gasteiger partial charge in [0, 0.05) is 4.47 Å². The van der Waals surface area contributed by atoms with E-state index in [9.17, 15) is 14.4 Å². The van der Waals surface area contributed by atoms with Crippen LogP contribution in [-0.2, 0) is 9.59 Å². The summed E-state index contributed by atoms with van der Waals surface area (Å²) in [6.45, 7) is 1.60. The fourth-order valence-corrected chi connectivity index (χ4v) is 3.39. The maximum Gasteiger partial charge on any atom is 0.335 e. The Labute approximate surface area is 180 Å². The zero-order valence-corrected chi connectivity index (χ0v) is 17.6. The fraction of sp³-hybridized carbons (Fsp3) is 0.143. The molecule has 0 saturated carbocycles. The van der Waals surface area contributed by atoms with E-state index in [1.165, 1.54) is 13.2 Å². The number of carbonyl (C=O) groups excluding carboxylic acids is 3. The molecule has 2 aromatic carbocycles. The maximum absolute atomic E-state index is 13.0. The third-order valence-electron chi connectivity index (χ3n) is 4.29. The second-order valence-electron chi connectivity index (χ2n) is 6.25. The molecule has 1 saturated heterocycles. The first-order valence-electron chi connectivity index (χ1n) is 8.71. The first-order valence-corrected chi connectivity index (χ1v) is 9.50. The molecule has 2 aromatic rings.